The van der Waals surface area contributed by atoms with Crippen LogP contribution in [0.4, 0.5) is 0 Å². The molecule has 0 spiro atoms. The summed E-state index contributed by atoms with van der Waals surface area (Å²) in [7, 11) is 1.63. The van der Waals surface area contributed by atoms with Gasteiger partial charge in [-0.1, -0.05) is 42.5 Å². The van der Waals surface area contributed by atoms with E-state index in [4.69, 9.17) is 9.47 Å². The van der Waals surface area contributed by atoms with E-state index in [0.29, 0.717) is 51.3 Å². The Hall–Kier alpha value is -3.65. The smallest absolute Gasteiger partial charge is 0.274 e. The largest absolute Gasteiger partial charge is 0.497 e. The Labute approximate surface area is 204 Å². The number of benzene rings is 2. The van der Waals surface area contributed by atoms with Gasteiger partial charge in [-0.05, 0) is 36.1 Å². The van der Waals surface area contributed by atoms with Gasteiger partial charge in [0.2, 0.25) is 5.91 Å². The van der Waals surface area contributed by atoms with Crippen molar-refractivity contribution in [3.05, 3.63) is 83.4 Å². The number of ether oxygens (including phenoxy) is 2. The third-order valence-corrected chi connectivity index (χ3v) is 6.86. The van der Waals surface area contributed by atoms with Gasteiger partial charge in [0, 0.05) is 25.6 Å². The van der Waals surface area contributed by atoms with E-state index in [0.717, 1.165) is 22.6 Å². The topological polar surface area (TPSA) is 85.7 Å². The maximum atomic E-state index is 13.2. The van der Waals surface area contributed by atoms with Crippen LogP contribution < -0.4 is 10.1 Å². The van der Waals surface area contributed by atoms with Crippen LogP contribution in [0.15, 0.2) is 60.9 Å². The fraction of sp³-hybridized carbons (Fsp3) is 0.370. The molecule has 1 fully saturated rings. The van der Waals surface area contributed by atoms with Crippen LogP contribution in [0.25, 0.3) is 0 Å². The summed E-state index contributed by atoms with van der Waals surface area (Å²) in [5.41, 5.74) is 3.39. The lowest BCUT2D eigenvalue weighted by Gasteiger charge is -2.31. The van der Waals surface area contributed by atoms with Crippen molar-refractivity contribution >= 4 is 11.8 Å². The Kier molecular flexibility index (Phi) is 6.81. The number of piperidine rings is 1. The van der Waals surface area contributed by atoms with E-state index in [1.807, 2.05) is 47.0 Å². The van der Waals surface area contributed by atoms with Gasteiger partial charge in [0.25, 0.3) is 5.91 Å². The SMILES string of the molecule is COc1cccc(CNC(=O)C2CCN(C(=O)c3ncn4c3CO[C@@H](c3ccccc3)C4)CC2)c1. The first-order valence-electron chi connectivity index (χ1n) is 12.0. The molecule has 2 aliphatic rings. The summed E-state index contributed by atoms with van der Waals surface area (Å²) in [6.07, 6.45) is 2.96. The summed E-state index contributed by atoms with van der Waals surface area (Å²) in [4.78, 5) is 32.1. The lowest BCUT2D eigenvalue weighted by Crippen LogP contribution is -2.43. The van der Waals surface area contributed by atoms with Crippen LogP contribution in [0.1, 0.15) is 46.3 Å². The minimum Gasteiger partial charge on any atom is -0.497 e. The third kappa shape index (κ3) is 5.07. The molecular formula is C27H30N4O4. The number of likely N-dealkylation sites (tertiary alicyclic amines) is 1. The summed E-state index contributed by atoms with van der Waals surface area (Å²) < 4.78 is 13.3. The van der Waals surface area contributed by atoms with Gasteiger partial charge in [-0.3, -0.25) is 9.59 Å². The van der Waals surface area contributed by atoms with Crippen LogP contribution in [0, 0.1) is 5.92 Å². The molecule has 2 aromatic carbocycles. The number of nitrogens with zero attached hydrogens (tertiary/aromatic N) is 3. The van der Waals surface area contributed by atoms with Crippen molar-refractivity contribution in [3.8, 4) is 5.75 Å². The maximum Gasteiger partial charge on any atom is 0.274 e. The highest BCUT2D eigenvalue weighted by Gasteiger charge is 2.32. The van der Waals surface area contributed by atoms with Gasteiger partial charge in [0.15, 0.2) is 5.69 Å². The summed E-state index contributed by atoms with van der Waals surface area (Å²) >= 11 is 0. The van der Waals surface area contributed by atoms with E-state index >= 15 is 0 Å². The van der Waals surface area contributed by atoms with E-state index in [2.05, 4.69) is 22.4 Å². The average Bonchev–Trinajstić information content (AvgIpc) is 3.35. The molecule has 3 heterocycles. The molecule has 35 heavy (non-hydrogen) atoms. The molecule has 1 aromatic heterocycles. The van der Waals surface area contributed by atoms with Crippen molar-refractivity contribution in [2.45, 2.75) is 38.6 Å². The van der Waals surface area contributed by atoms with E-state index in [1.165, 1.54) is 0 Å². The number of imidazole rings is 1. The zero-order chi connectivity index (χ0) is 24.2. The number of fused-ring (bicyclic) bond motifs is 1. The van der Waals surface area contributed by atoms with Gasteiger partial charge in [-0.2, -0.15) is 0 Å². The molecule has 8 nitrogen and oxygen atoms in total. The molecule has 0 aliphatic carbocycles. The van der Waals surface area contributed by atoms with Crippen molar-refractivity contribution < 1.29 is 19.1 Å². The van der Waals surface area contributed by atoms with Crippen LogP contribution in [0.2, 0.25) is 0 Å². The highest BCUT2D eigenvalue weighted by Crippen LogP contribution is 2.29. The Morgan fingerprint density at radius 3 is 2.69 bits per heavy atom. The summed E-state index contributed by atoms with van der Waals surface area (Å²) in [5.74, 6) is 0.608. The first-order chi connectivity index (χ1) is 17.1. The van der Waals surface area contributed by atoms with Crippen LogP contribution >= 0.6 is 0 Å². The zero-order valence-electron chi connectivity index (χ0n) is 19.9. The number of methoxy groups -OCH3 is 1. The Balaban J connectivity index is 1.14. The Bertz CT molecular complexity index is 1180. The average molecular weight is 475 g/mol. The van der Waals surface area contributed by atoms with E-state index in [-0.39, 0.29) is 23.8 Å². The molecule has 0 unspecified atom stereocenters. The number of carbonyl (C=O) groups is 2. The Morgan fingerprint density at radius 2 is 1.91 bits per heavy atom. The van der Waals surface area contributed by atoms with Crippen LogP contribution in [-0.4, -0.2) is 46.5 Å². The second kappa shape index (κ2) is 10.3. The molecular weight excluding hydrogens is 444 g/mol. The van der Waals surface area contributed by atoms with Crippen molar-refractivity contribution in [2.24, 2.45) is 5.92 Å². The molecule has 5 rings (SSSR count). The van der Waals surface area contributed by atoms with Crippen LogP contribution in [0.5, 0.6) is 5.75 Å². The van der Waals surface area contributed by atoms with Gasteiger partial charge in [0.1, 0.15) is 11.9 Å². The number of amides is 2. The second-order valence-electron chi connectivity index (χ2n) is 9.04. The molecule has 0 radical (unpaired) electrons. The number of rotatable bonds is 6. The lowest BCUT2D eigenvalue weighted by molar-refractivity contribution is -0.126. The molecule has 3 aromatic rings. The number of carbonyl (C=O) groups excluding carboxylic acids is 2. The van der Waals surface area contributed by atoms with Crippen molar-refractivity contribution in [1.29, 1.82) is 0 Å². The number of nitrogens with one attached hydrogen (secondary N) is 1. The van der Waals surface area contributed by atoms with E-state index in [1.54, 1.807) is 18.3 Å². The predicted molar refractivity (Wildman–Crippen MR) is 130 cm³/mol. The van der Waals surface area contributed by atoms with Crippen molar-refractivity contribution in [2.75, 3.05) is 20.2 Å². The molecule has 0 saturated carbocycles. The third-order valence-electron chi connectivity index (χ3n) is 6.86. The summed E-state index contributed by atoms with van der Waals surface area (Å²) in [6.45, 7) is 2.52. The summed E-state index contributed by atoms with van der Waals surface area (Å²) in [6, 6.07) is 17.7. The van der Waals surface area contributed by atoms with Gasteiger partial charge in [-0.25, -0.2) is 4.98 Å². The fourth-order valence-electron chi connectivity index (χ4n) is 4.79. The summed E-state index contributed by atoms with van der Waals surface area (Å²) in [5, 5.41) is 3.02. The minimum absolute atomic E-state index is 0.0274. The molecule has 0 bridgehead atoms. The first-order valence-corrected chi connectivity index (χ1v) is 12.0. The van der Waals surface area contributed by atoms with Gasteiger partial charge >= 0.3 is 0 Å². The monoisotopic (exact) mass is 474 g/mol. The minimum atomic E-state index is -0.101. The second-order valence-corrected chi connectivity index (χ2v) is 9.04. The Morgan fingerprint density at radius 1 is 1.11 bits per heavy atom. The molecule has 2 amide bonds. The fourth-order valence-corrected chi connectivity index (χ4v) is 4.79. The first kappa shape index (κ1) is 23.1. The van der Waals surface area contributed by atoms with Gasteiger partial charge < -0.3 is 24.3 Å². The number of aromatic nitrogens is 2. The molecule has 1 atom stereocenters. The van der Waals surface area contributed by atoms with E-state index < -0.39 is 0 Å². The van der Waals surface area contributed by atoms with Gasteiger partial charge in [-0.15, -0.1) is 0 Å². The van der Waals surface area contributed by atoms with Gasteiger partial charge in [0.05, 0.1) is 32.3 Å². The van der Waals surface area contributed by atoms with Crippen molar-refractivity contribution in [1.82, 2.24) is 19.8 Å². The molecule has 182 valence electrons. The van der Waals surface area contributed by atoms with Crippen molar-refractivity contribution in [3.63, 3.8) is 0 Å². The molecule has 1 saturated heterocycles. The maximum absolute atomic E-state index is 13.2. The molecule has 2 aliphatic heterocycles. The normalized spacial score (nSPS) is 18.1. The quantitative estimate of drug-likeness (QED) is 0.592. The number of hydrogen-bond acceptors (Lipinski definition) is 5. The highest BCUT2D eigenvalue weighted by molar-refractivity contribution is 5.93. The lowest BCUT2D eigenvalue weighted by atomic mass is 9.95. The highest BCUT2D eigenvalue weighted by atomic mass is 16.5. The molecule has 1 N–H and O–H groups in total. The van der Waals surface area contributed by atoms with E-state index in [9.17, 15) is 9.59 Å². The predicted octanol–water partition coefficient (Wildman–Crippen LogP) is 3.33. The standard InChI is InChI=1S/C27H30N4O4/c1-34-22-9-5-6-19(14-22)15-28-26(32)21-10-12-30(13-11-21)27(33)25-23-17-35-24(16-31(23)18-29-25)20-7-3-2-4-8-20/h2-9,14,18,21,24H,10-13,15-17H2,1H3,(H,28,32)/t24-/m1/s1. The van der Waals surface area contributed by atoms with Crippen LogP contribution in [0.3, 0.4) is 0 Å². The zero-order valence-corrected chi connectivity index (χ0v) is 19.9. The number of hydrogen-bond donors (Lipinski definition) is 1. The van der Waals surface area contributed by atoms with Crippen LogP contribution in [-0.2, 0) is 29.2 Å². The molecule has 8 heteroatoms.